The number of carbonyl (C=O) groups excluding carboxylic acids is 1. The Morgan fingerprint density at radius 2 is 2.14 bits per heavy atom. The Morgan fingerprint density at radius 3 is 2.89 bits per heavy atom. The zero-order valence-electron chi connectivity index (χ0n) is 15.8. The monoisotopic (exact) mass is 377 g/mol. The van der Waals surface area contributed by atoms with Crippen LogP contribution in [0.4, 0.5) is 0 Å². The first kappa shape index (κ1) is 17.0. The SMILES string of the molecule is COc1ccccc1[C@@H]1CNC(=O)c2nc(C3(Cn4cccn4)CC3)[nH]c2C1. The van der Waals surface area contributed by atoms with E-state index in [4.69, 9.17) is 9.72 Å². The Morgan fingerprint density at radius 1 is 1.29 bits per heavy atom. The summed E-state index contributed by atoms with van der Waals surface area (Å²) in [6.45, 7) is 1.35. The Bertz CT molecular complexity index is 1000. The molecule has 28 heavy (non-hydrogen) atoms. The van der Waals surface area contributed by atoms with Crippen molar-refractivity contribution in [3.05, 3.63) is 65.5 Å². The van der Waals surface area contributed by atoms with E-state index in [1.807, 2.05) is 35.1 Å². The van der Waals surface area contributed by atoms with E-state index < -0.39 is 0 Å². The number of H-pyrrole nitrogens is 1. The van der Waals surface area contributed by atoms with Crippen LogP contribution in [0.3, 0.4) is 0 Å². The number of para-hydroxylation sites is 1. The van der Waals surface area contributed by atoms with Gasteiger partial charge in [0.15, 0.2) is 0 Å². The molecule has 0 bridgehead atoms. The van der Waals surface area contributed by atoms with E-state index in [1.165, 1.54) is 0 Å². The first-order valence-corrected chi connectivity index (χ1v) is 9.66. The number of benzene rings is 1. The highest BCUT2D eigenvalue weighted by Gasteiger charge is 2.48. The van der Waals surface area contributed by atoms with E-state index in [1.54, 1.807) is 13.3 Å². The molecule has 7 nitrogen and oxygen atoms in total. The number of fused-ring (bicyclic) bond motifs is 1. The van der Waals surface area contributed by atoms with Gasteiger partial charge < -0.3 is 15.0 Å². The first-order chi connectivity index (χ1) is 13.7. The molecule has 1 fully saturated rings. The lowest BCUT2D eigenvalue weighted by atomic mass is 9.93. The van der Waals surface area contributed by atoms with Crippen LogP contribution < -0.4 is 10.1 Å². The van der Waals surface area contributed by atoms with Crippen molar-refractivity contribution in [2.75, 3.05) is 13.7 Å². The minimum Gasteiger partial charge on any atom is -0.496 e. The molecule has 0 unspecified atom stereocenters. The first-order valence-electron chi connectivity index (χ1n) is 9.66. The number of imidazole rings is 1. The van der Waals surface area contributed by atoms with Crippen molar-refractivity contribution in [3.8, 4) is 5.75 Å². The molecule has 0 spiro atoms. The van der Waals surface area contributed by atoms with Gasteiger partial charge in [-0.05, 0) is 37.0 Å². The summed E-state index contributed by atoms with van der Waals surface area (Å²) in [6.07, 6.45) is 6.59. The molecule has 3 heterocycles. The summed E-state index contributed by atoms with van der Waals surface area (Å²) in [5.74, 6) is 1.78. The molecule has 5 rings (SSSR count). The van der Waals surface area contributed by atoms with E-state index in [9.17, 15) is 4.79 Å². The fourth-order valence-corrected chi connectivity index (χ4v) is 4.16. The number of aromatic amines is 1. The second-order valence-corrected chi connectivity index (χ2v) is 7.75. The van der Waals surface area contributed by atoms with Crippen molar-refractivity contribution >= 4 is 5.91 Å². The third-order valence-corrected chi connectivity index (χ3v) is 5.91. The van der Waals surface area contributed by atoms with Crippen LogP contribution in [0.25, 0.3) is 0 Å². The summed E-state index contributed by atoms with van der Waals surface area (Å²) in [5.41, 5.74) is 2.50. The molecule has 0 saturated heterocycles. The predicted molar refractivity (Wildman–Crippen MR) is 103 cm³/mol. The highest BCUT2D eigenvalue weighted by molar-refractivity contribution is 5.94. The zero-order chi connectivity index (χ0) is 19.1. The number of carbonyl (C=O) groups is 1. The van der Waals surface area contributed by atoms with Gasteiger partial charge in [-0.2, -0.15) is 5.10 Å². The summed E-state index contributed by atoms with van der Waals surface area (Å²) >= 11 is 0. The maximum absolute atomic E-state index is 12.7. The third kappa shape index (κ3) is 2.87. The van der Waals surface area contributed by atoms with Crippen molar-refractivity contribution in [2.45, 2.75) is 37.1 Å². The van der Waals surface area contributed by atoms with Crippen LogP contribution in [0.5, 0.6) is 5.75 Å². The molecule has 2 aromatic heterocycles. The van der Waals surface area contributed by atoms with Crippen molar-refractivity contribution in [2.24, 2.45) is 0 Å². The molecule has 1 saturated carbocycles. The normalized spacial score (nSPS) is 20.2. The van der Waals surface area contributed by atoms with Gasteiger partial charge in [-0.25, -0.2) is 4.98 Å². The fourth-order valence-electron chi connectivity index (χ4n) is 4.16. The zero-order valence-corrected chi connectivity index (χ0v) is 15.8. The number of ether oxygens (including phenoxy) is 1. The van der Waals surface area contributed by atoms with Gasteiger partial charge in [-0.1, -0.05) is 18.2 Å². The number of methoxy groups -OCH3 is 1. The minimum absolute atomic E-state index is 0.0432. The lowest BCUT2D eigenvalue weighted by Crippen LogP contribution is -2.27. The summed E-state index contributed by atoms with van der Waals surface area (Å²) in [5, 5.41) is 7.37. The molecule has 144 valence electrons. The number of aromatic nitrogens is 4. The number of rotatable bonds is 5. The topological polar surface area (TPSA) is 84.8 Å². The Kier molecular flexibility index (Phi) is 3.96. The smallest absolute Gasteiger partial charge is 0.271 e. The largest absolute Gasteiger partial charge is 0.496 e. The average molecular weight is 377 g/mol. The van der Waals surface area contributed by atoms with Gasteiger partial charge in [0.2, 0.25) is 0 Å². The van der Waals surface area contributed by atoms with Crippen molar-refractivity contribution in [1.29, 1.82) is 0 Å². The van der Waals surface area contributed by atoms with Gasteiger partial charge in [0.25, 0.3) is 5.91 Å². The molecule has 7 heteroatoms. The summed E-state index contributed by atoms with van der Waals surface area (Å²) in [4.78, 5) is 20.9. The van der Waals surface area contributed by atoms with Crippen LogP contribution in [-0.4, -0.2) is 39.3 Å². The highest BCUT2D eigenvalue weighted by Crippen LogP contribution is 2.48. The van der Waals surface area contributed by atoms with Gasteiger partial charge in [0.1, 0.15) is 17.3 Å². The van der Waals surface area contributed by atoms with Crippen LogP contribution in [0.1, 0.15) is 46.3 Å². The van der Waals surface area contributed by atoms with Crippen LogP contribution in [0.2, 0.25) is 0 Å². The average Bonchev–Trinajstić information content (AvgIpc) is 3.14. The summed E-state index contributed by atoms with van der Waals surface area (Å²) in [6, 6.07) is 9.93. The van der Waals surface area contributed by atoms with Crippen LogP contribution in [0.15, 0.2) is 42.7 Å². The number of amides is 1. The molecule has 1 aromatic carbocycles. The summed E-state index contributed by atoms with van der Waals surface area (Å²) < 4.78 is 7.48. The number of nitrogens with zero attached hydrogens (tertiary/aromatic N) is 3. The Balaban J connectivity index is 1.46. The minimum atomic E-state index is -0.107. The second-order valence-electron chi connectivity index (χ2n) is 7.75. The molecule has 2 aliphatic rings. The van der Waals surface area contributed by atoms with Gasteiger partial charge >= 0.3 is 0 Å². The third-order valence-electron chi connectivity index (χ3n) is 5.91. The molecule has 1 atom stereocenters. The van der Waals surface area contributed by atoms with E-state index in [0.717, 1.165) is 48.6 Å². The lowest BCUT2D eigenvalue weighted by molar-refractivity contribution is 0.0950. The molecule has 1 amide bonds. The van der Waals surface area contributed by atoms with Crippen LogP contribution >= 0.6 is 0 Å². The maximum Gasteiger partial charge on any atom is 0.271 e. The predicted octanol–water partition coefficient (Wildman–Crippen LogP) is 2.42. The van der Waals surface area contributed by atoms with Gasteiger partial charge in [0, 0.05) is 36.0 Å². The highest BCUT2D eigenvalue weighted by atomic mass is 16.5. The van der Waals surface area contributed by atoms with Crippen molar-refractivity contribution in [3.63, 3.8) is 0 Å². The van der Waals surface area contributed by atoms with E-state index in [2.05, 4.69) is 21.5 Å². The van der Waals surface area contributed by atoms with Crippen LogP contribution in [0, 0.1) is 0 Å². The van der Waals surface area contributed by atoms with Crippen molar-refractivity contribution < 1.29 is 9.53 Å². The Labute approximate surface area is 163 Å². The van der Waals surface area contributed by atoms with E-state index >= 15 is 0 Å². The standard InChI is InChI=1S/C21H23N5O2/c1-28-17-6-3-2-5-15(17)14-11-16-18(19(27)22-12-14)25-20(24-16)21(7-8-21)13-26-10-4-9-23-26/h2-6,9-10,14H,7-8,11-13H2,1H3,(H,22,27)(H,24,25)/t14-/m0/s1. The molecule has 3 aromatic rings. The second kappa shape index (κ2) is 6.51. The van der Waals surface area contributed by atoms with E-state index in [-0.39, 0.29) is 17.2 Å². The number of hydrogen-bond acceptors (Lipinski definition) is 4. The molecule has 0 radical (unpaired) electrons. The quantitative estimate of drug-likeness (QED) is 0.715. The number of hydrogen-bond donors (Lipinski definition) is 2. The van der Waals surface area contributed by atoms with E-state index in [0.29, 0.717) is 12.2 Å². The summed E-state index contributed by atoms with van der Waals surface area (Å²) in [7, 11) is 1.68. The fraction of sp³-hybridized carbons (Fsp3) is 0.381. The van der Waals surface area contributed by atoms with Gasteiger partial charge in [-0.3, -0.25) is 9.48 Å². The maximum atomic E-state index is 12.7. The molecule has 1 aliphatic carbocycles. The number of nitrogens with one attached hydrogen (secondary N) is 2. The van der Waals surface area contributed by atoms with Crippen molar-refractivity contribution in [1.82, 2.24) is 25.1 Å². The molecular weight excluding hydrogens is 354 g/mol. The molecule has 2 N–H and O–H groups in total. The molecule has 1 aliphatic heterocycles. The van der Waals surface area contributed by atoms with Crippen LogP contribution in [-0.2, 0) is 18.4 Å². The lowest BCUT2D eigenvalue weighted by Gasteiger charge is -2.18. The van der Waals surface area contributed by atoms with Gasteiger partial charge in [0.05, 0.1) is 13.7 Å². The Hall–Kier alpha value is -3.09. The molecular formula is C21H23N5O2. The van der Waals surface area contributed by atoms with Gasteiger partial charge in [-0.15, -0.1) is 0 Å².